The minimum atomic E-state index is -2.02. The van der Waals surface area contributed by atoms with Crippen molar-refractivity contribution in [3.05, 3.63) is 60.2 Å². The van der Waals surface area contributed by atoms with E-state index < -0.39 is 17.2 Å². The van der Waals surface area contributed by atoms with Crippen LogP contribution in [-0.2, 0) is 22.4 Å². The van der Waals surface area contributed by atoms with Crippen molar-refractivity contribution in [3.8, 4) is 0 Å². The smallest absolute Gasteiger partial charge is 0.411 e. The van der Waals surface area contributed by atoms with Crippen LogP contribution in [-0.4, -0.2) is 14.9 Å². The van der Waals surface area contributed by atoms with Crippen LogP contribution in [0.15, 0.2) is 59.5 Å². The van der Waals surface area contributed by atoms with Gasteiger partial charge in [0.1, 0.15) is 6.61 Å². The molecule has 2 aromatic carbocycles. The molecule has 0 aliphatic rings. The van der Waals surface area contributed by atoms with Gasteiger partial charge in [-0.3, -0.25) is 5.32 Å². The van der Waals surface area contributed by atoms with E-state index in [0.29, 0.717) is 5.69 Å². The Bertz CT molecular complexity index is 598. The standard InChI is InChI=1S/C14H13NO4S/c16-14(19-10-11-4-2-1-3-5-11)15-12-6-8-13(9-7-12)20(17)18/h1-9H,10H2,(H,15,16)(H,17,18). The minimum Gasteiger partial charge on any atom is -0.444 e. The summed E-state index contributed by atoms with van der Waals surface area (Å²) in [5.41, 5.74) is 1.39. The second kappa shape index (κ2) is 6.83. The Balaban J connectivity index is 1.86. The van der Waals surface area contributed by atoms with E-state index in [9.17, 15) is 9.00 Å². The number of hydrogen-bond acceptors (Lipinski definition) is 3. The largest absolute Gasteiger partial charge is 0.444 e. The van der Waals surface area contributed by atoms with Gasteiger partial charge >= 0.3 is 6.09 Å². The highest BCUT2D eigenvalue weighted by molar-refractivity contribution is 7.79. The van der Waals surface area contributed by atoms with E-state index in [-0.39, 0.29) is 11.5 Å². The van der Waals surface area contributed by atoms with Crippen molar-refractivity contribution in [1.29, 1.82) is 0 Å². The van der Waals surface area contributed by atoms with Gasteiger partial charge in [-0.1, -0.05) is 30.3 Å². The van der Waals surface area contributed by atoms with Crippen molar-refractivity contribution in [3.63, 3.8) is 0 Å². The van der Waals surface area contributed by atoms with E-state index in [1.165, 1.54) is 24.3 Å². The summed E-state index contributed by atoms with van der Waals surface area (Å²) in [6, 6.07) is 15.3. The molecule has 2 aromatic rings. The fourth-order valence-electron chi connectivity index (χ4n) is 1.53. The zero-order chi connectivity index (χ0) is 14.4. The highest BCUT2D eigenvalue weighted by Gasteiger charge is 2.05. The molecule has 0 aromatic heterocycles. The Morgan fingerprint density at radius 1 is 1.10 bits per heavy atom. The number of carbonyl (C=O) groups excluding carboxylic acids is 1. The summed E-state index contributed by atoms with van der Waals surface area (Å²) in [6.07, 6.45) is -0.577. The molecule has 1 unspecified atom stereocenters. The molecule has 0 radical (unpaired) electrons. The lowest BCUT2D eigenvalue weighted by Gasteiger charge is -2.07. The second-order valence-electron chi connectivity index (χ2n) is 3.96. The molecule has 5 nitrogen and oxygen atoms in total. The molecule has 0 saturated carbocycles. The van der Waals surface area contributed by atoms with E-state index >= 15 is 0 Å². The number of amides is 1. The molecule has 2 rings (SSSR count). The summed E-state index contributed by atoms with van der Waals surface area (Å²) in [4.78, 5) is 11.8. The molecule has 6 heteroatoms. The van der Waals surface area contributed by atoms with Crippen LogP contribution in [0.2, 0.25) is 0 Å². The summed E-state index contributed by atoms with van der Waals surface area (Å²) < 4.78 is 24.7. The summed E-state index contributed by atoms with van der Waals surface area (Å²) in [6.45, 7) is 0.186. The summed E-state index contributed by atoms with van der Waals surface area (Å²) in [5.74, 6) is 0. The predicted molar refractivity (Wildman–Crippen MR) is 75.7 cm³/mol. The van der Waals surface area contributed by atoms with Gasteiger partial charge in [-0.2, -0.15) is 0 Å². The van der Waals surface area contributed by atoms with Crippen molar-refractivity contribution >= 4 is 22.9 Å². The topological polar surface area (TPSA) is 75.6 Å². The summed E-state index contributed by atoms with van der Waals surface area (Å²) in [5, 5.41) is 2.54. The number of benzene rings is 2. The number of anilines is 1. The molecule has 1 atom stereocenters. The van der Waals surface area contributed by atoms with Gasteiger partial charge < -0.3 is 9.29 Å². The van der Waals surface area contributed by atoms with Crippen LogP contribution in [0.3, 0.4) is 0 Å². The van der Waals surface area contributed by atoms with E-state index in [1.807, 2.05) is 30.3 Å². The van der Waals surface area contributed by atoms with Crippen molar-refractivity contribution < 1.29 is 18.3 Å². The van der Waals surface area contributed by atoms with Crippen LogP contribution in [0.5, 0.6) is 0 Å². The van der Waals surface area contributed by atoms with Crippen LogP contribution in [0.25, 0.3) is 0 Å². The van der Waals surface area contributed by atoms with Gasteiger partial charge in [0, 0.05) is 5.69 Å². The summed E-state index contributed by atoms with van der Waals surface area (Å²) >= 11 is -2.02. The van der Waals surface area contributed by atoms with Gasteiger partial charge in [-0.25, -0.2) is 9.00 Å². The maximum absolute atomic E-state index is 11.6. The Morgan fingerprint density at radius 3 is 2.35 bits per heavy atom. The fourth-order valence-corrected chi connectivity index (χ4v) is 1.90. The SMILES string of the molecule is O=C(Nc1ccc(S(=O)O)cc1)OCc1ccccc1. The first-order valence-electron chi connectivity index (χ1n) is 5.84. The average Bonchev–Trinajstić information content (AvgIpc) is 2.47. The van der Waals surface area contributed by atoms with E-state index in [2.05, 4.69) is 5.32 Å². The van der Waals surface area contributed by atoms with Crippen LogP contribution < -0.4 is 5.32 Å². The van der Waals surface area contributed by atoms with Crippen LogP contribution >= 0.6 is 0 Å². The van der Waals surface area contributed by atoms with Crippen LogP contribution in [0.4, 0.5) is 10.5 Å². The maximum Gasteiger partial charge on any atom is 0.411 e. The van der Waals surface area contributed by atoms with Gasteiger partial charge in [0.15, 0.2) is 11.1 Å². The van der Waals surface area contributed by atoms with Gasteiger partial charge in [0.05, 0.1) is 4.90 Å². The Hall–Kier alpha value is -2.18. The fraction of sp³-hybridized carbons (Fsp3) is 0.0714. The first kappa shape index (κ1) is 14.2. The molecular formula is C14H13NO4S. The molecule has 20 heavy (non-hydrogen) atoms. The molecule has 0 aliphatic heterocycles. The van der Waals surface area contributed by atoms with Crippen molar-refractivity contribution in [2.75, 3.05) is 5.32 Å². The molecule has 1 amide bonds. The number of hydrogen-bond donors (Lipinski definition) is 2. The monoisotopic (exact) mass is 291 g/mol. The number of carbonyl (C=O) groups is 1. The van der Waals surface area contributed by atoms with E-state index in [4.69, 9.17) is 9.29 Å². The Kier molecular flexibility index (Phi) is 4.86. The first-order valence-corrected chi connectivity index (χ1v) is 6.94. The molecule has 104 valence electrons. The molecule has 0 bridgehead atoms. The molecule has 0 saturated heterocycles. The van der Waals surface area contributed by atoms with Crippen LogP contribution in [0, 0.1) is 0 Å². The predicted octanol–water partition coefficient (Wildman–Crippen LogP) is 3.02. The van der Waals surface area contributed by atoms with E-state index in [1.54, 1.807) is 0 Å². The number of rotatable bonds is 4. The van der Waals surface area contributed by atoms with Crippen molar-refractivity contribution in [2.45, 2.75) is 11.5 Å². The van der Waals surface area contributed by atoms with Gasteiger partial charge in [0.25, 0.3) is 0 Å². The lowest BCUT2D eigenvalue weighted by atomic mass is 10.2. The molecule has 0 fully saturated rings. The summed E-state index contributed by atoms with van der Waals surface area (Å²) in [7, 11) is 0. The third-order valence-corrected chi connectivity index (χ3v) is 3.19. The molecule has 2 N–H and O–H groups in total. The van der Waals surface area contributed by atoms with Gasteiger partial charge in [0.2, 0.25) is 0 Å². The zero-order valence-electron chi connectivity index (χ0n) is 10.5. The zero-order valence-corrected chi connectivity index (χ0v) is 11.3. The van der Waals surface area contributed by atoms with E-state index in [0.717, 1.165) is 5.56 Å². The lowest BCUT2D eigenvalue weighted by molar-refractivity contribution is 0.155. The Morgan fingerprint density at radius 2 is 1.75 bits per heavy atom. The highest BCUT2D eigenvalue weighted by atomic mass is 32.2. The highest BCUT2D eigenvalue weighted by Crippen LogP contribution is 2.12. The number of ether oxygens (including phenoxy) is 1. The van der Waals surface area contributed by atoms with Gasteiger partial charge in [-0.15, -0.1) is 0 Å². The number of nitrogens with one attached hydrogen (secondary N) is 1. The van der Waals surface area contributed by atoms with Crippen LogP contribution in [0.1, 0.15) is 5.56 Å². The third kappa shape index (κ3) is 4.18. The average molecular weight is 291 g/mol. The van der Waals surface area contributed by atoms with Gasteiger partial charge in [-0.05, 0) is 29.8 Å². The lowest BCUT2D eigenvalue weighted by Crippen LogP contribution is -2.13. The third-order valence-electron chi connectivity index (χ3n) is 2.52. The molecule has 0 aliphatic carbocycles. The minimum absolute atomic E-state index is 0.186. The maximum atomic E-state index is 11.6. The molecular weight excluding hydrogens is 278 g/mol. The second-order valence-corrected chi connectivity index (χ2v) is 4.93. The molecule has 0 spiro atoms. The first-order chi connectivity index (χ1) is 9.65. The van der Waals surface area contributed by atoms with Crippen molar-refractivity contribution in [1.82, 2.24) is 0 Å². The quantitative estimate of drug-likeness (QED) is 0.849. The van der Waals surface area contributed by atoms with Crippen molar-refractivity contribution in [2.24, 2.45) is 0 Å². The Labute approximate surface area is 118 Å². The normalized spacial score (nSPS) is 11.7. The molecule has 0 heterocycles.